The molecule has 0 unspecified atom stereocenters. The van der Waals surface area contributed by atoms with E-state index >= 15 is 0 Å². The molecular formula is C18H24N2O. The average Bonchev–Trinajstić information content (AvgIpc) is 3.19. The maximum absolute atomic E-state index is 5.69. The smallest absolute Gasteiger partial charge is 0.123 e. The van der Waals surface area contributed by atoms with E-state index in [1.807, 2.05) is 13.0 Å². The molecule has 1 heterocycles. The van der Waals surface area contributed by atoms with Gasteiger partial charge in [-0.3, -0.25) is 0 Å². The van der Waals surface area contributed by atoms with Gasteiger partial charge in [-0.1, -0.05) is 17.7 Å². The first kappa shape index (κ1) is 14.2. The zero-order valence-electron chi connectivity index (χ0n) is 13.1. The summed E-state index contributed by atoms with van der Waals surface area (Å²) in [5.74, 6) is 1.98. The predicted molar refractivity (Wildman–Crippen MR) is 86.6 cm³/mol. The summed E-state index contributed by atoms with van der Waals surface area (Å²) in [6.45, 7) is 5.89. The molecule has 1 aromatic heterocycles. The number of hydrogen-bond donors (Lipinski definition) is 1. The molecule has 1 fully saturated rings. The number of benzene rings is 1. The normalized spacial score (nSPS) is 14.4. The Morgan fingerprint density at radius 1 is 1.19 bits per heavy atom. The Morgan fingerprint density at radius 2 is 2.00 bits per heavy atom. The number of nitrogens with one attached hydrogen (secondary N) is 1. The lowest BCUT2D eigenvalue weighted by Gasteiger charge is -2.22. The van der Waals surface area contributed by atoms with Crippen LogP contribution in [0.25, 0.3) is 0 Å². The van der Waals surface area contributed by atoms with Crippen LogP contribution >= 0.6 is 0 Å². The minimum Gasteiger partial charge on any atom is -0.464 e. The number of aryl methyl sites for hydroxylation is 2. The van der Waals surface area contributed by atoms with Crippen molar-refractivity contribution in [2.45, 2.75) is 45.8 Å². The first-order chi connectivity index (χ1) is 10.1. The zero-order valence-corrected chi connectivity index (χ0v) is 13.1. The molecular weight excluding hydrogens is 260 g/mol. The van der Waals surface area contributed by atoms with Gasteiger partial charge in [-0.05, 0) is 50.5 Å². The Hall–Kier alpha value is -1.74. The number of anilines is 1. The lowest BCUT2D eigenvalue weighted by Crippen LogP contribution is -2.21. The van der Waals surface area contributed by atoms with Crippen molar-refractivity contribution >= 4 is 5.69 Å². The molecule has 3 rings (SSSR count). The fourth-order valence-corrected chi connectivity index (χ4v) is 2.66. The second-order valence-electron chi connectivity index (χ2n) is 6.16. The van der Waals surface area contributed by atoms with E-state index in [9.17, 15) is 0 Å². The predicted octanol–water partition coefficient (Wildman–Crippen LogP) is 3.78. The number of hydrogen-bond acceptors (Lipinski definition) is 3. The molecule has 0 aliphatic heterocycles. The Labute approximate surface area is 127 Å². The lowest BCUT2D eigenvalue weighted by atomic mass is 10.1. The fraction of sp³-hybridized carbons (Fsp3) is 0.444. The minimum atomic E-state index is 0.733. The van der Waals surface area contributed by atoms with Crippen LogP contribution in [0.3, 0.4) is 0 Å². The number of furan rings is 1. The van der Waals surface area contributed by atoms with Crippen LogP contribution in [0.4, 0.5) is 5.69 Å². The maximum Gasteiger partial charge on any atom is 0.123 e. The lowest BCUT2D eigenvalue weighted by molar-refractivity contribution is 0.481. The second kappa shape index (κ2) is 5.94. The van der Waals surface area contributed by atoms with E-state index in [1.165, 1.54) is 29.7 Å². The summed E-state index contributed by atoms with van der Waals surface area (Å²) in [4.78, 5) is 2.27. The van der Waals surface area contributed by atoms with Crippen LogP contribution in [-0.2, 0) is 13.1 Å². The van der Waals surface area contributed by atoms with Gasteiger partial charge in [0.1, 0.15) is 11.5 Å². The molecule has 21 heavy (non-hydrogen) atoms. The van der Waals surface area contributed by atoms with Crippen molar-refractivity contribution in [3.8, 4) is 0 Å². The van der Waals surface area contributed by atoms with Gasteiger partial charge in [0.15, 0.2) is 0 Å². The van der Waals surface area contributed by atoms with Crippen molar-refractivity contribution in [3.05, 3.63) is 53.0 Å². The van der Waals surface area contributed by atoms with Crippen molar-refractivity contribution in [1.82, 2.24) is 5.32 Å². The molecule has 112 valence electrons. The molecule has 1 aliphatic rings. The molecule has 0 atom stereocenters. The summed E-state index contributed by atoms with van der Waals surface area (Å²) in [5.41, 5.74) is 3.96. The third-order valence-electron chi connectivity index (χ3n) is 3.99. The van der Waals surface area contributed by atoms with Gasteiger partial charge in [0.05, 0.1) is 6.54 Å². The molecule has 0 spiro atoms. The SMILES string of the molecule is Cc1ccc(N(C)Cc2ccc(C)o2)c(CNC2CC2)c1. The molecule has 0 amide bonds. The van der Waals surface area contributed by atoms with E-state index < -0.39 is 0 Å². The minimum absolute atomic E-state index is 0.733. The third kappa shape index (κ3) is 3.67. The van der Waals surface area contributed by atoms with E-state index in [1.54, 1.807) is 0 Å². The van der Waals surface area contributed by atoms with Crippen molar-refractivity contribution in [1.29, 1.82) is 0 Å². The fourth-order valence-electron chi connectivity index (χ4n) is 2.66. The van der Waals surface area contributed by atoms with Gasteiger partial charge in [-0.15, -0.1) is 0 Å². The number of rotatable bonds is 6. The zero-order chi connectivity index (χ0) is 14.8. The Bertz CT molecular complexity index is 613. The Morgan fingerprint density at radius 3 is 2.67 bits per heavy atom. The van der Waals surface area contributed by atoms with Crippen LogP contribution in [-0.4, -0.2) is 13.1 Å². The molecule has 1 aromatic carbocycles. The maximum atomic E-state index is 5.69. The van der Waals surface area contributed by atoms with Crippen molar-refractivity contribution in [2.75, 3.05) is 11.9 Å². The molecule has 3 nitrogen and oxygen atoms in total. The second-order valence-corrected chi connectivity index (χ2v) is 6.16. The molecule has 1 N–H and O–H groups in total. The molecule has 1 aliphatic carbocycles. The van der Waals surface area contributed by atoms with E-state index in [2.05, 4.69) is 48.5 Å². The van der Waals surface area contributed by atoms with Crippen molar-refractivity contribution in [3.63, 3.8) is 0 Å². The summed E-state index contributed by atoms with van der Waals surface area (Å²) in [5, 5.41) is 3.61. The van der Waals surface area contributed by atoms with Crippen LogP contribution in [0, 0.1) is 13.8 Å². The van der Waals surface area contributed by atoms with Crippen LogP contribution in [0.15, 0.2) is 34.7 Å². The molecule has 0 radical (unpaired) electrons. The monoisotopic (exact) mass is 284 g/mol. The van der Waals surface area contributed by atoms with Crippen LogP contribution in [0.1, 0.15) is 35.5 Å². The molecule has 0 bridgehead atoms. The van der Waals surface area contributed by atoms with Gasteiger partial charge >= 0.3 is 0 Å². The van der Waals surface area contributed by atoms with E-state index in [-0.39, 0.29) is 0 Å². The van der Waals surface area contributed by atoms with Crippen LogP contribution < -0.4 is 10.2 Å². The van der Waals surface area contributed by atoms with Gasteiger partial charge in [-0.2, -0.15) is 0 Å². The third-order valence-corrected chi connectivity index (χ3v) is 3.99. The standard InChI is InChI=1S/C18H24N2O/c1-13-4-9-18(15(10-13)11-19-16-6-7-16)20(3)12-17-8-5-14(2)21-17/h4-5,8-10,16,19H,6-7,11-12H2,1-3H3. The van der Waals surface area contributed by atoms with Gasteiger partial charge in [0.2, 0.25) is 0 Å². The summed E-state index contributed by atoms with van der Waals surface area (Å²) in [6, 6.07) is 11.5. The largest absolute Gasteiger partial charge is 0.464 e. The van der Waals surface area contributed by atoms with Gasteiger partial charge < -0.3 is 14.6 Å². The molecule has 0 saturated heterocycles. The van der Waals surface area contributed by atoms with Crippen LogP contribution in [0.2, 0.25) is 0 Å². The summed E-state index contributed by atoms with van der Waals surface area (Å²) >= 11 is 0. The molecule has 3 heteroatoms. The van der Waals surface area contributed by atoms with Crippen LogP contribution in [0.5, 0.6) is 0 Å². The van der Waals surface area contributed by atoms with Gasteiger partial charge in [0.25, 0.3) is 0 Å². The van der Waals surface area contributed by atoms with E-state index in [0.29, 0.717) is 0 Å². The highest BCUT2D eigenvalue weighted by Crippen LogP contribution is 2.25. The highest BCUT2D eigenvalue weighted by atomic mass is 16.3. The highest BCUT2D eigenvalue weighted by molar-refractivity contribution is 5.54. The first-order valence-corrected chi connectivity index (χ1v) is 7.71. The van der Waals surface area contributed by atoms with Gasteiger partial charge in [0, 0.05) is 25.3 Å². The summed E-state index contributed by atoms with van der Waals surface area (Å²) in [6.07, 6.45) is 2.64. The first-order valence-electron chi connectivity index (χ1n) is 7.71. The van der Waals surface area contributed by atoms with Gasteiger partial charge in [-0.25, -0.2) is 0 Å². The van der Waals surface area contributed by atoms with Crippen molar-refractivity contribution in [2.24, 2.45) is 0 Å². The Kier molecular flexibility index (Phi) is 4.02. The Balaban J connectivity index is 1.75. The topological polar surface area (TPSA) is 28.4 Å². The van der Waals surface area contributed by atoms with E-state index in [4.69, 9.17) is 4.42 Å². The van der Waals surface area contributed by atoms with E-state index in [0.717, 1.165) is 30.7 Å². The van der Waals surface area contributed by atoms with Crippen molar-refractivity contribution < 1.29 is 4.42 Å². The average molecular weight is 284 g/mol. The number of nitrogens with zero attached hydrogens (tertiary/aromatic N) is 1. The molecule has 2 aromatic rings. The highest BCUT2D eigenvalue weighted by Gasteiger charge is 2.21. The molecule has 1 saturated carbocycles. The quantitative estimate of drug-likeness (QED) is 0.875. The summed E-state index contributed by atoms with van der Waals surface area (Å²) in [7, 11) is 2.13. The summed E-state index contributed by atoms with van der Waals surface area (Å²) < 4.78 is 5.69.